The predicted octanol–water partition coefficient (Wildman–Crippen LogP) is 2.59. The van der Waals surface area contributed by atoms with Gasteiger partial charge in [0.05, 0.1) is 12.3 Å². The molecular formula is C17H31N3O. The summed E-state index contributed by atoms with van der Waals surface area (Å²) in [4.78, 5) is 5.06. The second-order valence-electron chi connectivity index (χ2n) is 6.54. The van der Waals surface area contributed by atoms with Gasteiger partial charge in [-0.3, -0.25) is 4.90 Å². The minimum atomic E-state index is 0.328. The van der Waals surface area contributed by atoms with E-state index in [-0.39, 0.29) is 0 Å². The molecule has 4 nitrogen and oxygen atoms in total. The standard InChI is InChI=1S/C17H31N3O/c1-5-15(17-7-6-12-21-17)18-13-16(14(2)3)20-10-8-19(4)9-11-20/h6-7,12,14-16,18H,5,8-11,13H2,1-4H3. The smallest absolute Gasteiger partial charge is 0.120 e. The topological polar surface area (TPSA) is 31.6 Å². The molecule has 1 aromatic rings. The molecule has 1 aromatic heterocycles. The molecule has 0 aromatic carbocycles. The Kier molecular flexibility index (Phi) is 6.27. The number of nitrogens with one attached hydrogen (secondary N) is 1. The molecule has 1 aliphatic rings. The van der Waals surface area contributed by atoms with Gasteiger partial charge in [0.2, 0.25) is 0 Å². The molecule has 1 aliphatic heterocycles. The fraction of sp³-hybridized carbons (Fsp3) is 0.765. The second-order valence-corrected chi connectivity index (χ2v) is 6.54. The zero-order chi connectivity index (χ0) is 15.2. The fourth-order valence-electron chi connectivity index (χ4n) is 3.14. The maximum absolute atomic E-state index is 5.56. The largest absolute Gasteiger partial charge is 0.468 e. The Balaban J connectivity index is 1.90. The summed E-state index contributed by atoms with van der Waals surface area (Å²) in [6.07, 6.45) is 2.82. The summed E-state index contributed by atoms with van der Waals surface area (Å²) in [7, 11) is 2.21. The molecule has 2 unspecified atom stereocenters. The van der Waals surface area contributed by atoms with Crippen molar-refractivity contribution in [3.05, 3.63) is 24.2 Å². The molecular weight excluding hydrogens is 262 g/mol. The number of rotatable bonds is 7. The first-order chi connectivity index (χ1) is 10.1. The van der Waals surface area contributed by atoms with Crippen molar-refractivity contribution in [1.29, 1.82) is 0 Å². The Bertz CT molecular complexity index is 383. The van der Waals surface area contributed by atoms with Crippen molar-refractivity contribution >= 4 is 0 Å². The average Bonchev–Trinajstić information content (AvgIpc) is 2.99. The van der Waals surface area contributed by atoms with E-state index in [9.17, 15) is 0 Å². The molecule has 2 atom stereocenters. The second kappa shape index (κ2) is 7.97. The molecule has 4 heteroatoms. The molecule has 0 amide bonds. The van der Waals surface area contributed by atoms with Crippen molar-refractivity contribution in [3.63, 3.8) is 0 Å². The summed E-state index contributed by atoms with van der Waals surface area (Å²) in [6, 6.07) is 4.97. The van der Waals surface area contributed by atoms with Gasteiger partial charge in [-0.1, -0.05) is 20.8 Å². The van der Waals surface area contributed by atoms with Crippen LogP contribution in [0.1, 0.15) is 39.0 Å². The van der Waals surface area contributed by atoms with Gasteiger partial charge >= 0.3 is 0 Å². The van der Waals surface area contributed by atoms with Gasteiger partial charge in [-0.15, -0.1) is 0 Å². The number of likely N-dealkylation sites (N-methyl/N-ethyl adjacent to an activating group) is 1. The molecule has 0 saturated carbocycles. The van der Waals surface area contributed by atoms with Gasteiger partial charge in [0.25, 0.3) is 0 Å². The first kappa shape index (κ1) is 16.5. The molecule has 2 rings (SSSR count). The molecule has 1 N–H and O–H groups in total. The molecule has 0 aliphatic carbocycles. The van der Waals surface area contributed by atoms with Crippen LogP contribution in [0.2, 0.25) is 0 Å². The van der Waals surface area contributed by atoms with Gasteiger partial charge in [0, 0.05) is 38.8 Å². The van der Waals surface area contributed by atoms with Gasteiger partial charge in [0.1, 0.15) is 5.76 Å². The Morgan fingerprint density at radius 2 is 1.95 bits per heavy atom. The van der Waals surface area contributed by atoms with E-state index in [0.717, 1.165) is 18.7 Å². The number of hydrogen-bond acceptors (Lipinski definition) is 4. The van der Waals surface area contributed by atoms with Crippen molar-refractivity contribution in [2.24, 2.45) is 5.92 Å². The Morgan fingerprint density at radius 3 is 2.48 bits per heavy atom. The zero-order valence-electron chi connectivity index (χ0n) is 14.0. The fourth-order valence-corrected chi connectivity index (χ4v) is 3.14. The van der Waals surface area contributed by atoms with Crippen molar-refractivity contribution in [2.45, 2.75) is 39.3 Å². The minimum absolute atomic E-state index is 0.328. The summed E-state index contributed by atoms with van der Waals surface area (Å²) in [5.74, 6) is 1.72. The summed E-state index contributed by atoms with van der Waals surface area (Å²) < 4.78 is 5.56. The summed E-state index contributed by atoms with van der Waals surface area (Å²) in [5.41, 5.74) is 0. The van der Waals surface area contributed by atoms with Crippen molar-refractivity contribution < 1.29 is 4.42 Å². The first-order valence-electron chi connectivity index (χ1n) is 8.31. The molecule has 1 saturated heterocycles. The third-order valence-corrected chi connectivity index (χ3v) is 4.64. The van der Waals surface area contributed by atoms with Crippen LogP contribution in [0.5, 0.6) is 0 Å². The lowest BCUT2D eigenvalue weighted by Gasteiger charge is -2.40. The lowest BCUT2D eigenvalue weighted by atomic mass is 10.0. The van der Waals surface area contributed by atoms with Gasteiger partial charge in [-0.05, 0) is 31.5 Å². The van der Waals surface area contributed by atoms with E-state index in [1.165, 1.54) is 26.2 Å². The van der Waals surface area contributed by atoms with Gasteiger partial charge in [0.15, 0.2) is 0 Å². The van der Waals surface area contributed by atoms with Crippen LogP contribution >= 0.6 is 0 Å². The molecule has 21 heavy (non-hydrogen) atoms. The van der Waals surface area contributed by atoms with Gasteiger partial charge < -0.3 is 14.6 Å². The monoisotopic (exact) mass is 293 g/mol. The van der Waals surface area contributed by atoms with E-state index in [4.69, 9.17) is 4.42 Å². The van der Waals surface area contributed by atoms with E-state index in [1.807, 2.05) is 6.07 Å². The first-order valence-corrected chi connectivity index (χ1v) is 8.31. The van der Waals surface area contributed by atoms with Crippen molar-refractivity contribution in [1.82, 2.24) is 15.1 Å². The minimum Gasteiger partial charge on any atom is -0.468 e. The van der Waals surface area contributed by atoms with E-state index in [1.54, 1.807) is 6.26 Å². The Morgan fingerprint density at radius 1 is 1.24 bits per heavy atom. The molecule has 1 fully saturated rings. The summed E-state index contributed by atoms with van der Waals surface area (Å²) in [6.45, 7) is 12.6. The highest BCUT2D eigenvalue weighted by atomic mass is 16.3. The lowest BCUT2D eigenvalue weighted by Crippen LogP contribution is -2.53. The van der Waals surface area contributed by atoms with Crippen molar-refractivity contribution in [3.8, 4) is 0 Å². The van der Waals surface area contributed by atoms with Gasteiger partial charge in [-0.2, -0.15) is 0 Å². The predicted molar refractivity (Wildman–Crippen MR) is 87.4 cm³/mol. The van der Waals surface area contributed by atoms with Crippen LogP contribution in [0, 0.1) is 5.92 Å². The maximum Gasteiger partial charge on any atom is 0.120 e. The van der Waals surface area contributed by atoms with Crippen LogP contribution in [0.4, 0.5) is 0 Å². The molecule has 0 spiro atoms. The van der Waals surface area contributed by atoms with Crippen LogP contribution in [0.3, 0.4) is 0 Å². The van der Waals surface area contributed by atoms with Crippen LogP contribution in [-0.4, -0.2) is 55.6 Å². The molecule has 0 bridgehead atoms. The number of piperazine rings is 1. The van der Waals surface area contributed by atoms with E-state index >= 15 is 0 Å². The third kappa shape index (κ3) is 4.56. The Hall–Kier alpha value is -0.840. The van der Waals surface area contributed by atoms with Crippen LogP contribution < -0.4 is 5.32 Å². The molecule has 0 radical (unpaired) electrons. The highest BCUT2D eigenvalue weighted by molar-refractivity contribution is 5.04. The highest BCUT2D eigenvalue weighted by Crippen LogP contribution is 2.19. The third-order valence-electron chi connectivity index (χ3n) is 4.64. The van der Waals surface area contributed by atoms with Gasteiger partial charge in [-0.25, -0.2) is 0 Å². The SMILES string of the molecule is CCC(NCC(C(C)C)N1CCN(C)CC1)c1ccco1. The number of furan rings is 1. The summed E-state index contributed by atoms with van der Waals surface area (Å²) >= 11 is 0. The maximum atomic E-state index is 5.56. The average molecular weight is 293 g/mol. The van der Waals surface area contributed by atoms with Crippen LogP contribution in [-0.2, 0) is 0 Å². The van der Waals surface area contributed by atoms with Crippen molar-refractivity contribution in [2.75, 3.05) is 39.8 Å². The molecule has 2 heterocycles. The normalized spacial score (nSPS) is 20.8. The zero-order valence-corrected chi connectivity index (χ0v) is 14.0. The van der Waals surface area contributed by atoms with E-state index in [0.29, 0.717) is 18.0 Å². The van der Waals surface area contributed by atoms with E-state index < -0.39 is 0 Å². The number of nitrogens with zero attached hydrogens (tertiary/aromatic N) is 2. The van der Waals surface area contributed by atoms with Crippen LogP contribution in [0.15, 0.2) is 22.8 Å². The molecule has 120 valence electrons. The van der Waals surface area contributed by atoms with Crippen LogP contribution in [0.25, 0.3) is 0 Å². The summed E-state index contributed by atoms with van der Waals surface area (Å²) in [5, 5.41) is 3.71. The number of hydrogen-bond donors (Lipinski definition) is 1. The van der Waals surface area contributed by atoms with E-state index in [2.05, 4.69) is 49.0 Å². The highest BCUT2D eigenvalue weighted by Gasteiger charge is 2.25. The lowest BCUT2D eigenvalue weighted by molar-refractivity contribution is 0.0854. The quantitative estimate of drug-likeness (QED) is 0.837. The Labute approximate surface area is 129 Å².